The summed E-state index contributed by atoms with van der Waals surface area (Å²) in [6.45, 7) is 3.43. The van der Waals surface area contributed by atoms with Crippen molar-refractivity contribution < 1.29 is 19.4 Å². The van der Waals surface area contributed by atoms with Crippen molar-refractivity contribution in [3.05, 3.63) is 0 Å². The topological polar surface area (TPSA) is 63.6 Å². The number of hydrogen-bond donors (Lipinski definition) is 1. The van der Waals surface area contributed by atoms with Gasteiger partial charge in [-0.3, -0.25) is 9.59 Å². The van der Waals surface area contributed by atoms with Gasteiger partial charge in [0.15, 0.2) is 11.2 Å². The largest absolute Gasteiger partial charge is 0.456 e. The van der Waals surface area contributed by atoms with Gasteiger partial charge in [-0.25, -0.2) is 0 Å². The van der Waals surface area contributed by atoms with E-state index in [2.05, 4.69) is 0 Å². The first-order valence-corrected chi connectivity index (χ1v) is 4.92. The molecular weight excluding hydrogens is 184 g/mol. The number of carbonyl (C=O) groups is 2. The molecule has 1 saturated heterocycles. The quantitative estimate of drug-likeness (QED) is 0.490. The number of carbonyl (C=O) groups excluding carboxylic acids is 2. The van der Waals surface area contributed by atoms with E-state index in [0.29, 0.717) is 19.3 Å². The van der Waals surface area contributed by atoms with Crippen LogP contribution >= 0.6 is 0 Å². The van der Waals surface area contributed by atoms with Crippen LogP contribution in [-0.4, -0.2) is 28.6 Å². The number of fused-ring (bicyclic) bond motifs is 2. The Balaban J connectivity index is 2.53. The van der Waals surface area contributed by atoms with Crippen LogP contribution in [0, 0.1) is 5.41 Å². The van der Waals surface area contributed by atoms with Crippen LogP contribution in [0.3, 0.4) is 0 Å². The first kappa shape index (κ1) is 9.65. The average molecular weight is 198 g/mol. The lowest BCUT2D eigenvalue weighted by molar-refractivity contribution is -0.153. The van der Waals surface area contributed by atoms with E-state index in [1.807, 2.05) is 0 Å². The highest BCUT2D eigenvalue weighted by Crippen LogP contribution is 2.50. The molecule has 0 aromatic rings. The minimum Gasteiger partial charge on any atom is -0.456 e. The highest BCUT2D eigenvalue weighted by atomic mass is 16.6. The van der Waals surface area contributed by atoms with Crippen LogP contribution in [0.5, 0.6) is 0 Å². The minimum absolute atomic E-state index is 0.174. The summed E-state index contributed by atoms with van der Waals surface area (Å²) in [5.74, 6) is -0.718. The molecule has 4 heteroatoms. The second kappa shape index (κ2) is 2.57. The third-order valence-electron chi connectivity index (χ3n) is 3.64. The standard InChI is InChI=1S/C10H14O4/c1-3-10-6(11)4-5-9(2,7(10)12)14-8(10)13/h7,12H,3-5H2,1-2H3/t7-,9+,10-/m0/s1. The molecular formula is C10H14O4. The first-order valence-electron chi connectivity index (χ1n) is 4.92. The van der Waals surface area contributed by atoms with Gasteiger partial charge in [0.2, 0.25) is 0 Å². The number of esters is 1. The zero-order valence-electron chi connectivity index (χ0n) is 8.37. The molecule has 0 spiro atoms. The Morgan fingerprint density at radius 3 is 2.71 bits per heavy atom. The first-order chi connectivity index (χ1) is 6.47. The Labute approximate surface area is 82.2 Å². The molecule has 1 N–H and O–H groups in total. The van der Waals surface area contributed by atoms with Crippen molar-refractivity contribution in [2.75, 3.05) is 0 Å². The molecule has 78 valence electrons. The highest BCUT2D eigenvalue weighted by molar-refractivity contribution is 6.07. The zero-order valence-corrected chi connectivity index (χ0v) is 8.37. The molecule has 4 nitrogen and oxygen atoms in total. The van der Waals surface area contributed by atoms with E-state index in [0.717, 1.165) is 0 Å². The Hall–Kier alpha value is -0.900. The van der Waals surface area contributed by atoms with Gasteiger partial charge in [0.05, 0.1) is 0 Å². The summed E-state index contributed by atoms with van der Waals surface area (Å²) >= 11 is 0. The fourth-order valence-electron chi connectivity index (χ4n) is 2.57. The molecule has 14 heavy (non-hydrogen) atoms. The van der Waals surface area contributed by atoms with Crippen LogP contribution in [0.4, 0.5) is 0 Å². The maximum Gasteiger partial charge on any atom is 0.323 e. The molecule has 0 aromatic carbocycles. The van der Waals surface area contributed by atoms with Crippen LogP contribution in [0.15, 0.2) is 0 Å². The Kier molecular flexibility index (Phi) is 1.77. The van der Waals surface area contributed by atoms with E-state index in [-0.39, 0.29) is 5.78 Å². The molecule has 2 bridgehead atoms. The van der Waals surface area contributed by atoms with Gasteiger partial charge in [-0.2, -0.15) is 0 Å². The molecule has 2 rings (SSSR count). The van der Waals surface area contributed by atoms with Crippen molar-refractivity contribution in [3.8, 4) is 0 Å². The van der Waals surface area contributed by atoms with E-state index < -0.39 is 23.1 Å². The maximum atomic E-state index is 11.7. The number of aliphatic hydroxyl groups excluding tert-OH is 1. The summed E-state index contributed by atoms with van der Waals surface area (Å²) in [6, 6.07) is 0. The fraction of sp³-hybridized carbons (Fsp3) is 0.800. The van der Waals surface area contributed by atoms with Gasteiger partial charge in [-0.05, 0) is 19.8 Å². The van der Waals surface area contributed by atoms with Crippen molar-refractivity contribution in [2.24, 2.45) is 5.41 Å². The van der Waals surface area contributed by atoms with Crippen LogP contribution in [0.2, 0.25) is 0 Å². The summed E-state index contributed by atoms with van der Waals surface area (Å²) in [7, 11) is 0. The molecule has 2 fully saturated rings. The molecule has 0 unspecified atom stereocenters. The summed E-state index contributed by atoms with van der Waals surface area (Å²) < 4.78 is 5.14. The molecule has 0 radical (unpaired) electrons. The smallest absolute Gasteiger partial charge is 0.323 e. The lowest BCUT2D eigenvalue weighted by Gasteiger charge is -2.35. The second-order valence-corrected chi connectivity index (χ2v) is 4.35. The molecule has 1 heterocycles. The van der Waals surface area contributed by atoms with Gasteiger partial charge < -0.3 is 9.84 Å². The van der Waals surface area contributed by atoms with Crippen molar-refractivity contribution in [1.82, 2.24) is 0 Å². The lowest BCUT2D eigenvalue weighted by Crippen LogP contribution is -2.53. The van der Waals surface area contributed by atoms with E-state index in [4.69, 9.17) is 4.74 Å². The zero-order chi connectivity index (χ0) is 10.6. The van der Waals surface area contributed by atoms with Gasteiger partial charge in [-0.15, -0.1) is 0 Å². The minimum atomic E-state index is -1.27. The number of hydrogen-bond acceptors (Lipinski definition) is 4. The van der Waals surface area contributed by atoms with Crippen LogP contribution < -0.4 is 0 Å². The van der Waals surface area contributed by atoms with Crippen molar-refractivity contribution in [3.63, 3.8) is 0 Å². The van der Waals surface area contributed by atoms with Gasteiger partial charge in [0, 0.05) is 6.42 Å². The van der Waals surface area contributed by atoms with Crippen molar-refractivity contribution >= 4 is 11.8 Å². The Morgan fingerprint density at radius 2 is 2.21 bits per heavy atom. The molecule has 1 aliphatic carbocycles. The summed E-state index contributed by atoms with van der Waals surface area (Å²) in [4.78, 5) is 23.3. The average Bonchev–Trinajstić information content (AvgIpc) is 2.26. The predicted molar refractivity (Wildman–Crippen MR) is 47.5 cm³/mol. The molecule has 1 aliphatic heterocycles. The van der Waals surface area contributed by atoms with Gasteiger partial charge >= 0.3 is 5.97 Å². The number of aliphatic hydroxyl groups is 1. The second-order valence-electron chi connectivity index (χ2n) is 4.35. The number of Topliss-reactive ketones (excluding diaryl/α,β-unsaturated/α-hetero) is 1. The number of ether oxygens (including phenoxy) is 1. The molecule has 2 aliphatic rings. The van der Waals surface area contributed by atoms with Crippen molar-refractivity contribution in [2.45, 2.75) is 44.8 Å². The van der Waals surface area contributed by atoms with E-state index in [1.54, 1.807) is 13.8 Å². The van der Waals surface area contributed by atoms with E-state index in [1.165, 1.54) is 0 Å². The van der Waals surface area contributed by atoms with Crippen LogP contribution in [-0.2, 0) is 14.3 Å². The number of rotatable bonds is 1. The Morgan fingerprint density at radius 1 is 1.57 bits per heavy atom. The molecule has 0 aromatic heterocycles. The third-order valence-corrected chi connectivity index (χ3v) is 3.64. The highest BCUT2D eigenvalue weighted by Gasteiger charge is 2.67. The predicted octanol–water partition coefficient (Wildman–Crippen LogP) is 0.422. The van der Waals surface area contributed by atoms with Crippen molar-refractivity contribution in [1.29, 1.82) is 0 Å². The SMILES string of the molecule is CC[C@@]12C(=O)CC[C@@](C)(OC1=O)[C@@H]2O. The van der Waals surface area contributed by atoms with Gasteiger partial charge in [0.25, 0.3) is 0 Å². The maximum absolute atomic E-state index is 11.7. The fourth-order valence-corrected chi connectivity index (χ4v) is 2.57. The summed E-state index contributed by atoms with van der Waals surface area (Å²) in [5.41, 5.74) is -2.12. The molecule has 1 saturated carbocycles. The summed E-state index contributed by atoms with van der Waals surface area (Å²) in [6.07, 6.45) is 0.100. The molecule has 0 amide bonds. The van der Waals surface area contributed by atoms with Crippen LogP contribution in [0.25, 0.3) is 0 Å². The molecule has 3 atom stereocenters. The normalized spacial score (nSPS) is 46.6. The third kappa shape index (κ3) is 0.823. The summed E-state index contributed by atoms with van der Waals surface area (Å²) in [5, 5.41) is 9.99. The number of ketones is 1. The van der Waals surface area contributed by atoms with Gasteiger partial charge in [-0.1, -0.05) is 6.92 Å². The van der Waals surface area contributed by atoms with E-state index >= 15 is 0 Å². The van der Waals surface area contributed by atoms with Crippen LogP contribution in [0.1, 0.15) is 33.1 Å². The van der Waals surface area contributed by atoms with Gasteiger partial charge in [0.1, 0.15) is 11.7 Å². The monoisotopic (exact) mass is 198 g/mol. The lowest BCUT2D eigenvalue weighted by atomic mass is 9.66. The Bertz CT molecular complexity index is 311. The van der Waals surface area contributed by atoms with E-state index in [9.17, 15) is 14.7 Å².